The van der Waals surface area contributed by atoms with Crippen molar-refractivity contribution in [2.45, 2.75) is 6.92 Å². The lowest BCUT2D eigenvalue weighted by Gasteiger charge is -2.09. The van der Waals surface area contributed by atoms with Crippen molar-refractivity contribution in [3.05, 3.63) is 44.9 Å². The summed E-state index contributed by atoms with van der Waals surface area (Å²) in [7, 11) is 1.26. The number of methoxy groups -OCH3 is 1. The maximum atomic E-state index is 12.0. The minimum Gasteiger partial charge on any atom is -0.465 e. The molecule has 0 aliphatic carbocycles. The minimum absolute atomic E-state index is 0.195. The number of benzene rings is 1. The first-order chi connectivity index (χ1) is 9.51. The number of halogens is 1. The molecule has 0 spiro atoms. The average Bonchev–Trinajstić information content (AvgIpc) is 2.86. The molecule has 7 heteroatoms. The Labute approximate surface area is 124 Å². The molecule has 20 heavy (non-hydrogen) atoms. The fourth-order valence-electron chi connectivity index (χ4n) is 1.56. The summed E-state index contributed by atoms with van der Waals surface area (Å²) < 4.78 is 4.66. The van der Waals surface area contributed by atoms with Gasteiger partial charge in [0.2, 0.25) is 0 Å². The van der Waals surface area contributed by atoms with Crippen LogP contribution in [0.3, 0.4) is 0 Å². The highest BCUT2D eigenvalue weighted by Crippen LogP contribution is 2.22. The summed E-state index contributed by atoms with van der Waals surface area (Å²) in [6, 6.07) is 4.57. The Kier molecular flexibility index (Phi) is 4.36. The number of nitrogens with one attached hydrogen (secondary N) is 1. The van der Waals surface area contributed by atoms with Gasteiger partial charge in [-0.15, -0.1) is 11.3 Å². The first kappa shape index (κ1) is 14.5. The van der Waals surface area contributed by atoms with Crippen molar-refractivity contribution >= 4 is 40.5 Å². The van der Waals surface area contributed by atoms with Crippen molar-refractivity contribution in [1.29, 1.82) is 0 Å². The zero-order valence-corrected chi connectivity index (χ0v) is 12.3. The molecule has 5 nitrogen and oxygen atoms in total. The predicted octanol–water partition coefficient (Wildman–Crippen LogP) is 3.14. The Balaban J connectivity index is 2.29. The number of amides is 1. The molecule has 1 heterocycles. The van der Waals surface area contributed by atoms with Crippen LogP contribution in [0, 0.1) is 6.92 Å². The summed E-state index contributed by atoms with van der Waals surface area (Å²) in [6.07, 6.45) is 0. The van der Waals surface area contributed by atoms with E-state index in [-0.39, 0.29) is 11.5 Å². The summed E-state index contributed by atoms with van der Waals surface area (Å²) in [5.41, 5.74) is 0.829. The maximum absolute atomic E-state index is 12.0. The van der Waals surface area contributed by atoms with Gasteiger partial charge in [0.05, 0.1) is 23.4 Å². The number of esters is 1. The van der Waals surface area contributed by atoms with Gasteiger partial charge in [-0.25, -0.2) is 9.78 Å². The molecular formula is C13H11ClN2O3S. The molecule has 0 bridgehead atoms. The van der Waals surface area contributed by atoms with Crippen LogP contribution < -0.4 is 5.32 Å². The van der Waals surface area contributed by atoms with Crippen LogP contribution in [-0.2, 0) is 4.74 Å². The third-order valence-electron chi connectivity index (χ3n) is 2.49. The van der Waals surface area contributed by atoms with Crippen LogP contribution in [0.4, 0.5) is 5.69 Å². The topological polar surface area (TPSA) is 68.3 Å². The Morgan fingerprint density at radius 3 is 2.75 bits per heavy atom. The molecule has 0 atom stereocenters. The van der Waals surface area contributed by atoms with Crippen LogP contribution in [0.1, 0.15) is 25.9 Å². The van der Waals surface area contributed by atoms with E-state index in [1.165, 1.54) is 24.5 Å². The van der Waals surface area contributed by atoms with Crippen LogP contribution in [-0.4, -0.2) is 24.0 Å². The summed E-state index contributed by atoms with van der Waals surface area (Å²) in [5, 5.41) is 5.45. The van der Waals surface area contributed by atoms with Crippen LogP contribution in [0.15, 0.2) is 23.6 Å². The molecule has 0 fully saturated rings. The van der Waals surface area contributed by atoms with Gasteiger partial charge in [-0.1, -0.05) is 11.6 Å². The lowest BCUT2D eigenvalue weighted by molar-refractivity contribution is 0.0602. The smallest absolute Gasteiger partial charge is 0.340 e. The highest BCUT2D eigenvalue weighted by molar-refractivity contribution is 7.09. The summed E-state index contributed by atoms with van der Waals surface area (Å²) in [6.45, 7) is 1.81. The molecule has 0 saturated carbocycles. The number of anilines is 1. The SMILES string of the molecule is COC(=O)c1cc(Cl)ccc1NC(=O)c1csc(C)n1. The van der Waals surface area contributed by atoms with Gasteiger partial charge in [-0.3, -0.25) is 4.79 Å². The average molecular weight is 311 g/mol. The van der Waals surface area contributed by atoms with E-state index in [1.807, 2.05) is 6.92 Å². The Hall–Kier alpha value is -1.92. The maximum Gasteiger partial charge on any atom is 0.340 e. The molecule has 0 aliphatic rings. The first-order valence-electron chi connectivity index (χ1n) is 5.62. The van der Waals surface area contributed by atoms with Gasteiger partial charge in [0.1, 0.15) is 5.69 Å². The fraction of sp³-hybridized carbons (Fsp3) is 0.154. The first-order valence-corrected chi connectivity index (χ1v) is 6.88. The van der Waals surface area contributed by atoms with Gasteiger partial charge in [-0.2, -0.15) is 0 Å². The van der Waals surface area contributed by atoms with Gasteiger partial charge in [0.15, 0.2) is 0 Å². The van der Waals surface area contributed by atoms with Crippen LogP contribution in [0.2, 0.25) is 5.02 Å². The number of carbonyl (C=O) groups is 2. The molecule has 1 amide bonds. The lowest BCUT2D eigenvalue weighted by atomic mass is 10.1. The second-order valence-corrected chi connectivity index (χ2v) is 5.39. The number of rotatable bonds is 3. The van der Waals surface area contributed by atoms with Gasteiger partial charge < -0.3 is 10.1 Å². The van der Waals surface area contributed by atoms with E-state index in [1.54, 1.807) is 17.5 Å². The largest absolute Gasteiger partial charge is 0.465 e. The van der Waals surface area contributed by atoms with Crippen molar-refractivity contribution in [2.75, 3.05) is 12.4 Å². The minimum atomic E-state index is -0.572. The van der Waals surface area contributed by atoms with Gasteiger partial charge in [-0.05, 0) is 25.1 Å². The Morgan fingerprint density at radius 2 is 2.15 bits per heavy atom. The Morgan fingerprint density at radius 1 is 1.40 bits per heavy atom. The van der Waals surface area contributed by atoms with E-state index in [4.69, 9.17) is 11.6 Å². The molecule has 2 rings (SSSR count). The van der Waals surface area contributed by atoms with Crippen LogP contribution in [0.5, 0.6) is 0 Å². The number of aryl methyl sites for hydroxylation is 1. The molecule has 1 aromatic carbocycles. The van der Waals surface area contributed by atoms with Crippen molar-refractivity contribution < 1.29 is 14.3 Å². The van der Waals surface area contributed by atoms with Crippen LogP contribution >= 0.6 is 22.9 Å². The Bertz CT molecular complexity index is 669. The number of hydrogen-bond acceptors (Lipinski definition) is 5. The van der Waals surface area contributed by atoms with Crippen molar-refractivity contribution in [3.63, 3.8) is 0 Å². The number of thiazole rings is 1. The second kappa shape index (κ2) is 6.02. The zero-order valence-electron chi connectivity index (χ0n) is 10.8. The van der Waals surface area contributed by atoms with Crippen molar-refractivity contribution in [2.24, 2.45) is 0 Å². The van der Waals surface area contributed by atoms with E-state index >= 15 is 0 Å². The lowest BCUT2D eigenvalue weighted by Crippen LogP contribution is -2.15. The monoisotopic (exact) mass is 310 g/mol. The molecule has 0 radical (unpaired) electrons. The third-order valence-corrected chi connectivity index (χ3v) is 3.50. The molecule has 104 valence electrons. The molecule has 0 unspecified atom stereocenters. The van der Waals surface area contributed by atoms with E-state index in [9.17, 15) is 9.59 Å². The zero-order chi connectivity index (χ0) is 14.7. The molecule has 0 aliphatic heterocycles. The number of nitrogens with zero attached hydrogens (tertiary/aromatic N) is 1. The van der Waals surface area contributed by atoms with E-state index in [0.717, 1.165) is 5.01 Å². The number of aromatic nitrogens is 1. The highest BCUT2D eigenvalue weighted by atomic mass is 35.5. The normalized spacial score (nSPS) is 10.2. The summed E-state index contributed by atoms with van der Waals surface area (Å²) in [5.74, 6) is -0.959. The molecule has 0 saturated heterocycles. The van der Waals surface area contributed by atoms with E-state index < -0.39 is 5.97 Å². The fourth-order valence-corrected chi connectivity index (χ4v) is 2.32. The molecule has 2 aromatic rings. The van der Waals surface area contributed by atoms with Gasteiger partial charge >= 0.3 is 5.97 Å². The van der Waals surface area contributed by atoms with Crippen LogP contribution in [0.25, 0.3) is 0 Å². The quantitative estimate of drug-likeness (QED) is 0.884. The summed E-state index contributed by atoms with van der Waals surface area (Å²) in [4.78, 5) is 27.8. The highest BCUT2D eigenvalue weighted by Gasteiger charge is 2.16. The van der Waals surface area contributed by atoms with Crippen molar-refractivity contribution in [1.82, 2.24) is 4.98 Å². The standard InChI is InChI=1S/C13H11ClN2O3S/c1-7-15-11(6-20-7)12(17)16-10-4-3-8(14)5-9(10)13(18)19-2/h3-6H,1-2H3,(H,16,17). The van der Waals surface area contributed by atoms with E-state index in [2.05, 4.69) is 15.0 Å². The number of ether oxygens (including phenoxy) is 1. The number of carbonyl (C=O) groups excluding carboxylic acids is 2. The molecule has 1 N–H and O–H groups in total. The van der Waals surface area contributed by atoms with Crippen molar-refractivity contribution in [3.8, 4) is 0 Å². The summed E-state index contributed by atoms with van der Waals surface area (Å²) >= 11 is 7.22. The molecular weight excluding hydrogens is 300 g/mol. The number of hydrogen-bond donors (Lipinski definition) is 1. The third kappa shape index (κ3) is 3.15. The van der Waals surface area contributed by atoms with Gasteiger partial charge in [0.25, 0.3) is 5.91 Å². The second-order valence-electron chi connectivity index (χ2n) is 3.89. The van der Waals surface area contributed by atoms with Gasteiger partial charge in [0, 0.05) is 10.4 Å². The predicted molar refractivity (Wildman–Crippen MR) is 77.6 cm³/mol. The van der Waals surface area contributed by atoms with E-state index in [0.29, 0.717) is 16.4 Å². The molecule has 1 aromatic heterocycles.